The van der Waals surface area contributed by atoms with Crippen LogP contribution in [0.2, 0.25) is 0 Å². The molecule has 1 aliphatic rings. The zero-order valence-corrected chi connectivity index (χ0v) is 11.4. The maximum Gasteiger partial charge on any atom is 0.203 e. The molecule has 1 heterocycles. The first kappa shape index (κ1) is 14.0. The Labute approximate surface area is 113 Å². The van der Waals surface area contributed by atoms with Crippen molar-refractivity contribution in [2.75, 3.05) is 26.4 Å². The van der Waals surface area contributed by atoms with Gasteiger partial charge in [0.15, 0.2) is 11.5 Å². The number of para-hydroxylation sites is 1. The van der Waals surface area contributed by atoms with Gasteiger partial charge in [-0.05, 0) is 12.1 Å². The highest BCUT2D eigenvalue weighted by Crippen LogP contribution is 2.38. The van der Waals surface area contributed by atoms with Gasteiger partial charge >= 0.3 is 0 Å². The first-order chi connectivity index (χ1) is 9.16. The average molecular weight is 267 g/mol. The molecule has 19 heavy (non-hydrogen) atoms. The zero-order chi connectivity index (χ0) is 13.7. The van der Waals surface area contributed by atoms with Crippen molar-refractivity contribution in [2.45, 2.75) is 26.0 Å². The van der Waals surface area contributed by atoms with Gasteiger partial charge in [0, 0.05) is 12.6 Å². The molecule has 5 nitrogen and oxygen atoms in total. The van der Waals surface area contributed by atoms with Crippen LogP contribution in [0.15, 0.2) is 18.2 Å². The van der Waals surface area contributed by atoms with Crippen molar-refractivity contribution >= 4 is 0 Å². The summed E-state index contributed by atoms with van der Waals surface area (Å²) in [5.74, 6) is 1.93. The number of ether oxygens (including phenoxy) is 3. The Kier molecular flexibility index (Phi) is 4.87. The summed E-state index contributed by atoms with van der Waals surface area (Å²) in [4.78, 5) is 0. The van der Waals surface area contributed by atoms with Crippen molar-refractivity contribution in [2.24, 2.45) is 0 Å². The van der Waals surface area contributed by atoms with Gasteiger partial charge in [0.1, 0.15) is 25.9 Å². The number of aliphatic hydroxyl groups excluding tert-OH is 1. The van der Waals surface area contributed by atoms with Gasteiger partial charge in [0.05, 0.1) is 0 Å². The normalized spacial score (nSPS) is 15.4. The fourth-order valence-electron chi connectivity index (χ4n) is 1.78. The molecular formula is C14H21NO4. The average Bonchev–Trinajstić information content (AvgIpc) is 2.42. The summed E-state index contributed by atoms with van der Waals surface area (Å²) in [5, 5.41) is 13.0. The third-order valence-electron chi connectivity index (χ3n) is 2.72. The van der Waals surface area contributed by atoms with Crippen molar-refractivity contribution in [3.63, 3.8) is 0 Å². The fraction of sp³-hybridized carbons (Fsp3) is 0.571. The van der Waals surface area contributed by atoms with Crippen molar-refractivity contribution in [3.05, 3.63) is 18.2 Å². The SMILES string of the molecule is CC(C)NC[C@@H](O)COc1cccc2c1OCCO2. The molecule has 106 valence electrons. The lowest BCUT2D eigenvalue weighted by atomic mass is 10.2. The van der Waals surface area contributed by atoms with Crippen LogP contribution in [-0.4, -0.2) is 43.6 Å². The molecule has 2 rings (SSSR count). The molecule has 0 saturated heterocycles. The molecule has 5 heteroatoms. The van der Waals surface area contributed by atoms with E-state index in [0.29, 0.717) is 43.0 Å². The van der Waals surface area contributed by atoms with Crippen LogP contribution in [0.4, 0.5) is 0 Å². The van der Waals surface area contributed by atoms with E-state index >= 15 is 0 Å². The lowest BCUT2D eigenvalue weighted by Crippen LogP contribution is -2.35. The molecule has 1 aliphatic heterocycles. The second kappa shape index (κ2) is 6.63. The molecule has 1 aromatic carbocycles. The van der Waals surface area contributed by atoms with Crippen LogP contribution >= 0.6 is 0 Å². The highest BCUT2D eigenvalue weighted by Gasteiger charge is 2.17. The Balaban J connectivity index is 1.89. The monoisotopic (exact) mass is 267 g/mol. The molecule has 0 saturated carbocycles. The predicted molar refractivity (Wildman–Crippen MR) is 72.1 cm³/mol. The highest BCUT2D eigenvalue weighted by molar-refractivity contribution is 5.51. The zero-order valence-electron chi connectivity index (χ0n) is 11.4. The number of benzene rings is 1. The highest BCUT2D eigenvalue weighted by atomic mass is 16.6. The number of hydrogen-bond donors (Lipinski definition) is 2. The standard InChI is InChI=1S/C14H21NO4/c1-10(2)15-8-11(16)9-19-13-5-3-4-12-14(13)18-7-6-17-12/h3-5,10-11,15-16H,6-9H2,1-2H3/t11-/m1/s1. The molecular weight excluding hydrogens is 246 g/mol. The number of nitrogens with one attached hydrogen (secondary N) is 1. The van der Waals surface area contributed by atoms with Crippen LogP contribution < -0.4 is 19.5 Å². The number of hydrogen-bond acceptors (Lipinski definition) is 5. The summed E-state index contributed by atoms with van der Waals surface area (Å²) in [6.45, 7) is 5.87. The topological polar surface area (TPSA) is 60.0 Å². The van der Waals surface area contributed by atoms with E-state index in [-0.39, 0.29) is 6.61 Å². The Morgan fingerprint density at radius 1 is 1.32 bits per heavy atom. The Bertz CT molecular complexity index is 408. The third-order valence-corrected chi connectivity index (χ3v) is 2.72. The predicted octanol–water partition coefficient (Wildman–Crippen LogP) is 1.20. The quantitative estimate of drug-likeness (QED) is 0.811. The van der Waals surface area contributed by atoms with E-state index < -0.39 is 6.10 Å². The first-order valence-corrected chi connectivity index (χ1v) is 6.59. The van der Waals surface area contributed by atoms with Crippen molar-refractivity contribution in [3.8, 4) is 17.2 Å². The fourth-order valence-corrected chi connectivity index (χ4v) is 1.78. The largest absolute Gasteiger partial charge is 0.487 e. The van der Waals surface area contributed by atoms with Crippen LogP contribution in [-0.2, 0) is 0 Å². The Hall–Kier alpha value is -1.46. The van der Waals surface area contributed by atoms with E-state index in [4.69, 9.17) is 14.2 Å². The number of rotatable bonds is 6. The maximum absolute atomic E-state index is 9.80. The van der Waals surface area contributed by atoms with Crippen LogP contribution in [0.1, 0.15) is 13.8 Å². The maximum atomic E-state index is 9.80. The summed E-state index contributed by atoms with van der Waals surface area (Å²) in [7, 11) is 0. The van der Waals surface area contributed by atoms with E-state index in [0.717, 1.165) is 0 Å². The molecule has 0 fully saturated rings. The van der Waals surface area contributed by atoms with Gasteiger partial charge in [-0.15, -0.1) is 0 Å². The van der Waals surface area contributed by atoms with Gasteiger partial charge in [-0.2, -0.15) is 0 Å². The van der Waals surface area contributed by atoms with Gasteiger partial charge < -0.3 is 24.6 Å². The molecule has 0 aromatic heterocycles. The van der Waals surface area contributed by atoms with Crippen LogP contribution in [0.25, 0.3) is 0 Å². The molecule has 0 unspecified atom stereocenters. The van der Waals surface area contributed by atoms with Crippen LogP contribution in [0, 0.1) is 0 Å². The minimum absolute atomic E-state index is 0.222. The molecule has 0 spiro atoms. The van der Waals surface area contributed by atoms with Gasteiger partial charge in [-0.1, -0.05) is 19.9 Å². The summed E-state index contributed by atoms with van der Waals surface area (Å²) in [6.07, 6.45) is -0.553. The van der Waals surface area contributed by atoms with Crippen LogP contribution in [0.3, 0.4) is 0 Å². The lowest BCUT2D eigenvalue weighted by molar-refractivity contribution is 0.0984. The summed E-state index contributed by atoms with van der Waals surface area (Å²) >= 11 is 0. The lowest BCUT2D eigenvalue weighted by Gasteiger charge is -2.21. The molecule has 1 aromatic rings. The van der Waals surface area contributed by atoms with E-state index in [2.05, 4.69) is 5.32 Å². The second-order valence-electron chi connectivity index (χ2n) is 4.81. The minimum atomic E-state index is -0.553. The number of aliphatic hydroxyl groups is 1. The molecule has 0 bridgehead atoms. The molecule has 1 atom stereocenters. The van der Waals surface area contributed by atoms with Crippen LogP contribution in [0.5, 0.6) is 17.2 Å². The van der Waals surface area contributed by atoms with Crippen molar-refractivity contribution < 1.29 is 19.3 Å². The van der Waals surface area contributed by atoms with Gasteiger partial charge in [-0.25, -0.2) is 0 Å². The van der Waals surface area contributed by atoms with E-state index in [1.165, 1.54) is 0 Å². The van der Waals surface area contributed by atoms with Crippen molar-refractivity contribution in [1.82, 2.24) is 5.32 Å². The van der Waals surface area contributed by atoms with Gasteiger partial charge in [-0.3, -0.25) is 0 Å². The number of fused-ring (bicyclic) bond motifs is 1. The Morgan fingerprint density at radius 2 is 2.11 bits per heavy atom. The third kappa shape index (κ3) is 4.01. The summed E-state index contributed by atoms with van der Waals surface area (Å²) < 4.78 is 16.6. The first-order valence-electron chi connectivity index (χ1n) is 6.59. The van der Waals surface area contributed by atoms with E-state index in [9.17, 15) is 5.11 Å². The summed E-state index contributed by atoms with van der Waals surface area (Å²) in [5.41, 5.74) is 0. The molecule has 0 aliphatic carbocycles. The molecule has 0 radical (unpaired) electrons. The van der Waals surface area contributed by atoms with Gasteiger partial charge in [0.25, 0.3) is 0 Å². The minimum Gasteiger partial charge on any atom is -0.487 e. The second-order valence-corrected chi connectivity index (χ2v) is 4.81. The van der Waals surface area contributed by atoms with Crippen molar-refractivity contribution in [1.29, 1.82) is 0 Å². The van der Waals surface area contributed by atoms with Gasteiger partial charge in [0.2, 0.25) is 5.75 Å². The molecule has 2 N–H and O–H groups in total. The Morgan fingerprint density at radius 3 is 2.89 bits per heavy atom. The van der Waals surface area contributed by atoms with E-state index in [1.807, 2.05) is 32.0 Å². The van der Waals surface area contributed by atoms with E-state index in [1.54, 1.807) is 0 Å². The molecule has 0 amide bonds. The summed E-state index contributed by atoms with van der Waals surface area (Å²) in [6, 6.07) is 5.85. The smallest absolute Gasteiger partial charge is 0.203 e.